The largest absolute Gasteiger partial charge is 0.461 e. The van der Waals surface area contributed by atoms with Crippen molar-refractivity contribution >= 4 is 17.4 Å². The lowest BCUT2D eigenvalue weighted by atomic mass is 10.1. The number of aryl methyl sites for hydroxylation is 2. The van der Waals surface area contributed by atoms with Crippen LogP contribution >= 0.6 is 0 Å². The van der Waals surface area contributed by atoms with Gasteiger partial charge in [0.05, 0.1) is 17.7 Å². The van der Waals surface area contributed by atoms with Crippen LogP contribution in [0.1, 0.15) is 16.8 Å². The fourth-order valence-electron chi connectivity index (χ4n) is 3.17. The predicted octanol–water partition coefficient (Wildman–Crippen LogP) is 3.91. The first kappa shape index (κ1) is 17.9. The number of benzene rings is 1. The second-order valence-electron chi connectivity index (χ2n) is 6.90. The molecule has 4 aromatic heterocycles. The van der Waals surface area contributed by atoms with E-state index in [1.54, 1.807) is 35.2 Å². The first-order chi connectivity index (χ1) is 14.6. The molecule has 1 N–H and O–H groups in total. The van der Waals surface area contributed by atoms with Crippen molar-refractivity contribution in [2.75, 3.05) is 5.32 Å². The summed E-state index contributed by atoms with van der Waals surface area (Å²) in [5.41, 5.74) is 5.31. The van der Waals surface area contributed by atoms with Crippen LogP contribution in [0, 0.1) is 20.8 Å². The molecule has 148 valence electrons. The van der Waals surface area contributed by atoms with Gasteiger partial charge in [0.1, 0.15) is 5.69 Å². The highest BCUT2D eigenvalue weighted by atomic mass is 16.3. The Morgan fingerprint density at radius 2 is 1.87 bits per heavy atom. The van der Waals surface area contributed by atoms with Gasteiger partial charge in [0.25, 0.3) is 5.78 Å². The highest BCUT2D eigenvalue weighted by molar-refractivity contribution is 5.63. The Morgan fingerprint density at radius 3 is 2.70 bits per heavy atom. The van der Waals surface area contributed by atoms with Gasteiger partial charge in [-0.1, -0.05) is 12.1 Å². The number of rotatable bonds is 4. The number of nitrogens with one attached hydrogen (secondary N) is 1. The van der Waals surface area contributed by atoms with Crippen LogP contribution < -0.4 is 5.32 Å². The van der Waals surface area contributed by atoms with Crippen molar-refractivity contribution in [1.82, 2.24) is 34.8 Å². The molecule has 0 spiro atoms. The van der Waals surface area contributed by atoms with E-state index in [4.69, 9.17) is 4.42 Å². The van der Waals surface area contributed by atoms with Crippen LogP contribution in [0.15, 0.2) is 53.3 Å². The van der Waals surface area contributed by atoms with Gasteiger partial charge in [-0.2, -0.15) is 9.50 Å². The summed E-state index contributed by atoms with van der Waals surface area (Å²) in [4.78, 5) is 13.4. The Labute approximate surface area is 171 Å². The summed E-state index contributed by atoms with van der Waals surface area (Å²) in [7, 11) is 0. The average Bonchev–Trinajstić information content (AvgIpc) is 3.42. The lowest BCUT2D eigenvalue weighted by Crippen LogP contribution is -2.05. The SMILES string of the molecule is Cc1cccc(Nc2nccc(-c3nnc4nc(-c5ccco5)nn4c3C)n2)c1C. The third kappa shape index (κ3) is 3.06. The lowest BCUT2D eigenvalue weighted by Gasteiger charge is -2.11. The Morgan fingerprint density at radius 1 is 0.967 bits per heavy atom. The molecule has 0 radical (unpaired) electrons. The van der Waals surface area contributed by atoms with Gasteiger partial charge in [-0.05, 0) is 56.2 Å². The Balaban J connectivity index is 1.53. The van der Waals surface area contributed by atoms with E-state index < -0.39 is 0 Å². The fraction of sp³-hybridized carbons (Fsp3) is 0.143. The summed E-state index contributed by atoms with van der Waals surface area (Å²) in [6.45, 7) is 6.03. The maximum Gasteiger partial charge on any atom is 0.272 e. The summed E-state index contributed by atoms with van der Waals surface area (Å²) < 4.78 is 7.02. The van der Waals surface area contributed by atoms with Crippen LogP contribution in [0.25, 0.3) is 28.8 Å². The number of anilines is 2. The fourth-order valence-corrected chi connectivity index (χ4v) is 3.17. The number of hydrogen-bond donors (Lipinski definition) is 1. The Bertz CT molecular complexity index is 1360. The monoisotopic (exact) mass is 398 g/mol. The van der Waals surface area contributed by atoms with Gasteiger partial charge in [0.15, 0.2) is 5.76 Å². The zero-order chi connectivity index (χ0) is 20.7. The molecule has 0 aliphatic carbocycles. The van der Waals surface area contributed by atoms with E-state index in [0.29, 0.717) is 34.7 Å². The van der Waals surface area contributed by atoms with Gasteiger partial charge in [-0.25, -0.2) is 9.97 Å². The zero-order valence-corrected chi connectivity index (χ0v) is 16.7. The second kappa shape index (κ2) is 7.03. The molecule has 0 atom stereocenters. The molecule has 9 heteroatoms. The molecule has 1 aromatic carbocycles. The van der Waals surface area contributed by atoms with Gasteiger partial charge in [-0.15, -0.1) is 15.3 Å². The van der Waals surface area contributed by atoms with Crippen molar-refractivity contribution in [3.63, 3.8) is 0 Å². The minimum atomic E-state index is 0.394. The number of hydrogen-bond acceptors (Lipinski definition) is 8. The molecule has 0 unspecified atom stereocenters. The average molecular weight is 398 g/mol. The quantitative estimate of drug-likeness (QED) is 0.486. The minimum absolute atomic E-state index is 0.394. The Kier molecular flexibility index (Phi) is 4.20. The molecule has 0 saturated heterocycles. The van der Waals surface area contributed by atoms with E-state index in [0.717, 1.165) is 16.9 Å². The predicted molar refractivity (Wildman–Crippen MR) is 111 cm³/mol. The molecule has 9 nitrogen and oxygen atoms in total. The minimum Gasteiger partial charge on any atom is -0.461 e. The molecule has 30 heavy (non-hydrogen) atoms. The highest BCUT2D eigenvalue weighted by Gasteiger charge is 2.16. The van der Waals surface area contributed by atoms with Crippen molar-refractivity contribution in [1.29, 1.82) is 0 Å². The van der Waals surface area contributed by atoms with Crippen LogP contribution in [0.2, 0.25) is 0 Å². The number of fused-ring (bicyclic) bond motifs is 1. The van der Waals surface area contributed by atoms with Crippen molar-refractivity contribution in [3.8, 4) is 23.0 Å². The Hall–Kier alpha value is -4.14. The van der Waals surface area contributed by atoms with Crippen LogP contribution in [0.3, 0.4) is 0 Å². The summed E-state index contributed by atoms with van der Waals surface area (Å²) >= 11 is 0. The van der Waals surface area contributed by atoms with Crippen LogP contribution in [0.4, 0.5) is 11.6 Å². The standard InChI is InChI=1S/C21H18N8O/c1-12-6-4-7-15(13(12)2)23-20-22-10-9-16(24-20)18-14(3)29-21(27-26-18)25-19(28-29)17-8-5-11-30-17/h4-11H,1-3H3,(H,22,23,24). The summed E-state index contributed by atoms with van der Waals surface area (Å²) in [5.74, 6) is 1.90. The van der Waals surface area contributed by atoms with Crippen molar-refractivity contribution in [3.05, 3.63) is 65.7 Å². The molecule has 0 aliphatic heterocycles. The van der Waals surface area contributed by atoms with Gasteiger partial charge >= 0.3 is 0 Å². The topological polar surface area (TPSA) is 107 Å². The van der Waals surface area contributed by atoms with E-state index >= 15 is 0 Å². The van der Waals surface area contributed by atoms with Crippen molar-refractivity contribution < 1.29 is 4.42 Å². The normalized spacial score (nSPS) is 11.2. The van der Waals surface area contributed by atoms with Crippen molar-refractivity contribution in [2.24, 2.45) is 0 Å². The van der Waals surface area contributed by atoms with Crippen molar-refractivity contribution in [2.45, 2.75) is 20.8 Å². The third-order valence-corrected chi connectivity index (χ3v) is 4.98. The molecule has 5 rings (SSSR count). The van der Waals surface area contributed by atoms with Gasteiger partial charge in [-0.3, -0.25) is 0 Å². The summed E-state index contributed by atoms with van der Waals surface area (Å²) in [5, 5.41) is 16.3. The second-order valence-corrected chi connectivity index (χ2v) is 6.90. The molecule has 0 amide bonds. The van der Waals surface area contributed by atoms with Gasteiger partial charge < -0.3 is 9.73 Å². The zero-order valence-electron chi connectivity index (χ0n) is 16.7. The first-order valence-corrected chi connectivity index (χ1v) is 9.41. The summed E-state index contributed by atoms with van der Waals surface area (Å²) in [6.07, 6.45) is 3.27. The lowest BCUT2D eigenvalue weighted by molar-refractivity contribution is 0.577. The maximum absolute atomic E-state index is 5.38. The third-order valence-electron chi connectivity index (χ3n) is 4.98. The number of aromatic nitrogens is 7. The molecule has 4 heterocycles. The van der Waals surface area contributed by atoms with E-state index in [-0.39, 0.29) is 0 Å². The van der Waals surface area contributed by atoms with Crippen LogP contribution in [-0.4, -0.2) is 34.8 Å². The smallest absolute Gasteiger partial charge is 0.272 e. The molecular weight excluding hydrogens is 380 g/mol. The van der Waals surface area contributed by atoms with Gasteiger partial charge in [0.2, 0.25) is 11.8 Å². The first-order valence-electron chi connectivity index (χ1n) is 9.41. The van der Waals surface area contributed by atoms with E-state index in [9.17, 15) is 0 Å². The maximum atomic E-state index is 5.38. The summed E-state index contributed by atoms with van der Waals surface area (Å²) in [6, 6.07) is 11.5. The van der Waals surface area contributed by atoms with Gasteiger partial charge in [0, 0.05) is 11.9 Å². The molecule has 0 saturated carbocycles. The van der Waals surface area contributed by atoms with E-state index in [2.05, 4.69) is 55.5 Å². The molecule has 0 aliphatic rings. The van der Waals surface area contributed by atoms with E-state index in [1.807, 2.05) is 19.1 Å². The molecule has 5 aromatic rings. The molecule has 0 bridgehead atoms. The molecule has 0 fully saturated rings. The number of furan rings is 1. The van der Waals surface area contributed by atoms with Crippen LogP contribution in [-0.2, 0) is 0 Å². The van der Waals surface area contributed by atoms with Crippen LogP contribution in [0.5, 0.6) is 0 Å². The highest BCUT2D eigenvalue weighted by Crippen LogP contribution is 2.24. The number of nitrogens with zero attached hydrogens (tertiary/aromatic N) is 7. The molecular formula is C21H18N8O. The van der Waals surface area contributed by atoms with E-state index in [1.165, 1.54) is 5.56 Å².